The zero-order chi connectivity index (χ0) is 11.9. The molecule has 1 heterocycles. The second kappa shape index (κ2) is 5.94. The smallest absolute Gasteiger partial charge is 0.191 e. The SMILES string of the molecule is COc1ccc(/C=C/CNC2=NCCN2)cc1. The molecule has 1 aromatic carbocycles. The summed E-state index contributed by atoms with van der Waals surface area (Å²) < 4.78 is 5.10. The van der Waals surface area contributed by atoms with Gasteiger partial charge in [-0.15, -0.1) is 0 Å². The molecule has 0 radical (unpaired) electrons. The van der Waals surface area contributed by atoms with Crippen molar-refractivity contribution in [2.24, 2.45) is 4.99 Å². The van der Waals surface area contributed by atoms with Crippen molar-refractivity contribution in [2.75, 3.05) is 26.7 Å². The van der Waals surface area contributed by atoms with Crippen molar-refractivity contribution < 1.29 is 4.74 Å². The van der Waals surface area contributed by atoms with Gasteiger partial charge in [0.1, 0.15) is 5.75 Å². The van der Waals surface area contributed by atoms with E-state index in [9.17, 15) is 0 Å². The van der Waals surface area contributed by atoms with Crippen molar-refractivity contribution in [2.45, 2.75) is 0 Å². The second-order valence-electron chi connectivity index (χ2n) is 3.71. The molecule has 0 fully saturated rings. The number of ether oxygens (including phenoxy) is 1. The van der Waals surface area contributed by atoms with E-state index in [4.69, 9.17) is 4.74 Å². The molecule has 2 rings (SSSR count). The van der Waals surface area contributed by atoms with E-state index in [0.717, 1.165) is 36.9 Å². The molecule has 1 aromatic rings. The topological polar surface area (TPSA) is 45.6 Å². The maximum absolute atomic E-state index is 5.10. The Labute approximate surface area is 101 Å². The Morgan fingerprint density at radius 3 is 2.88 bits per heavy atom. The van der Waals surface area contributed by atoms with Gasteiger partial charge in [-0.1, -0.05) is 24.3 Å². The summed E-state index contributed by atoms with van der Waals surface area (Å²) in [4.78, 5) is 4.25. The van der Waals surface area contributed by atoms with E-state index in [-0.39, 0.29) is 0 Å². The average Bonchev–Trinajstić information content (AvgIpc) is 2.88. The van der Waals surface area contributed by atoms with Crippen LogP contribution in [0.25, 0.3) is 6.08 Å². The number of benzene rings is 1. The lowest BCUT2D eigenvalue weighted by Crippen LogP contribution is -2.33. The summed E-state index contributed by atoms with van der Waals surface area (Å²) in [6.45, 7) is 2.58. The van der Waals surface area contributed by atoms with Gasteiger partial charge in [-0.2, -0.15) is 0 Å². The third-order valence-electron chi connectivity index (χ3n) is 2.49. The molecule has 0 saturated carbocycles. The monoisotopic (exact) mass is 231 g/mol. The first kappa shape index (κ1) is 11.5. The summed E-state index contributed by atoms with van der Waals surface area (Å²) in [7, 11) is 1.67. The summed E-state index contributed by atoms with van der Waals surface area (Å²) in [6.07, 6.45) is 4.15. The molecule has 1 aliphatic rings. The van der Waals surface area contributed by atoms with E-state index in [1.54, 1.807) is 7.11 Å². The zero-order valence-corrected chi connectivity index (χ0v) is 9.94. The Kier molecular flexibility index (Phi) is 4.02. The van der Waals surface area contributed by atoms with Gasteiger partial charge in [0.25, 0.3) is 0 Å². The van der Waals surface area contributed by atoms with Crippen LogP contribution in [0.3, 0.4) is 0 Å². The Morgan fingerprint density at radius 2 is 2.24 bits per heavy atom. The molecule has 17 heavy (non-hydrogen) atoms. The third-order valence-corrected chi connectivity index (χ3v) is 2.49. The highest BCUT2D eigenvalue weighted by atomic mass is 16.5. The molecule has 4 nitrogen and oxygen atoms in total. The van der Waals surface area contributed by atoms with Crippen molar-refractivity contribution in [3.05, 3.63) is 35.9 Å². The van der Waals surface area contributed by atoms with Crippen LogP contribution in [0.2, 0.25) is 0 Å². The minimum absolute atomic E-state index is 0.776. The summed E-state index contributed by atoms with van der Waals surface area (Å²) in [5.41, 5.74) is 1.16. The minimum Gasteiger partial charge on any atom is -0.497 e. The highest BCUT2D eigenvalue weighted by Gasteiger charge is 2.00. The molecule has 0 amide bonds. The highest BCUT2D eigenvalue weighted by Crippen LogP contribution is 2.11. The van der Waals surface area contributed by atoms with Gasteiger partial charge >= 0.3 is 0 Å². The molecule has 0 saturated heterocycles. The molecule has 4 heteroatoms. The van der Waals surface area contributed by atoms with Gasteiger partial charge in [-0.05, 0) is 17.7 Å². The number of methoxy groups -OCH3 is 1. The minimum atomic E-state index is 0.776. The first-order chi connectivity index (χ1) is 8.38. The van der Waals surface area contributed by atoms with E-state index >= 15 is 0 Å². The summed E-state index contributed by atoms with van der Waals surface area (Å²) in [5.74, 6) is 1.77. The van der Waals surface area contributed by atoms with E-state index < -0.39 is 0 Å². The number of aliphatic imine (C=N–C) groups is 1. The third kappa shape index (κ3) is 3.52. The number of nitrogens with zero attached hydrogens (tertiary/aromatic N) is 1. The first-order valence-electron chi connectivity index (χ1n) is 5.71. The second-order valence-corrected chi connectivity index (χ2v) is 3.71. The maximum atomic E-state index is 5.10. The lowest BCUT2D eigenvalue weighted by Gasteiger charge is -2.02. The van der Waals surface area contributed by atoms with Crippen molar-refractivity contribution in [3.63, 3.8) is 0 Å². The quantitative estimate of drug-likeness (QED) is 0.820. The molecule has 0 unspecified atom stereocenters. The Balaban J connectivity index is 1.78. The van der Waals surface area contributed by atoms with Crippen molar-refractivity contribution in [3.8, 4) is 5.75 Å². The Hall–Kier alpha value is -1.97. The van der Waals surface area contributed by atoms with Crippen LogP contribution >= 0.6 is 0 Å². The van der Waals surface area contributed by atoms with Gasteiger partial charge in [-0.25, -0.2) is 0 Å². The molecule has 0 spiro atoms. The molecule has 90 valence electrons. The number of hydrogen-bond acceptors (Lipinski definition) is 4. The molecule has 2 N–H and O–H groups in total. The maximum Gasteiger partial charge on any atom is 0.191 e. The number of nitrogens with one attached hydrogen (secondary N) is 2. The fraction of sp³-hybridized carbons (Fsp3) is 0.308. The zero-order valence-electron chi connectivity index (χ0n) is 9.94. The van der Waals surface area contributed by atoms with Crippen LogP contribution in [-0.4, -0.2) is 32.7 Å². The largest absolute Gasteiger partial charge is 0.497 e. The van der Waals surface area contributed by atoms with Crippen LogP contribution in [0.15, 0.2) is 35.3 Å². The average molecular weight is 231 g/mol. The van der Waals surface area contributed by atoms with Crippen LogP contribution in [0.1, 0.15) is 5.56 Å². The van der Waals surface area contributed by atoms with Gasteiger partial charge in [0.15, 0.2) is 5.96 Å². The Morgan fingerprint density at radius 1 is 1.41 bits per heavy atom. The van der Waals surface area contributed by atoms with Gasteiger partial charge in [-0.3, -0.25) is 4.99 Å². The summed E-state index contributed by atoms with van der Waals surface area (Å²) >= 11 is 0. The van der Waals surface area contributed by atoms with E-state index in [1.165, 1.54) is 0 Å². The van der Waals surface area contributed by atoms with Crippen LogP contribution in [-0.2, 0) is 0 Å². The van der Waals surface area contributed by atoms with Gasteiger partial charge in [0, 0.05) is 13.1 Å². The first-order valence-corrected chi connectivity index (χ1v) is 5.71. The van der Waals surface area contributed by atoms with Gasteiger partial charge < -0.3 is 15.4 Å². The summed E-state index contributed by atoms with van der Waals surface area (Å²) in [5, 5.41) is 6.36. The van der Waals surface area contributed by atoms with Gasteiger partial charge in [0.05, 0.1) is 13.7 Å². The van der Waals surface area contributed by atoms with E-state index in [2.05, 4.69) is 27.8 Å². The fourth-order valence-electron chi connectivity index (χ4n) is 1.58. The Bertz CT molecular complexity index is 409. The van der Waals surface area contributed by atoms with Crippen LogP contribution in [0, 0.1) is 0 Å². The molecule has 1 aliphatic heterocycles. The molecule has 0 bridgehead atoms. The lowest BCUT2D eigenvalue weighted by atomic mass is 10.2. The summed E-state index contributed by atoms with van der Waals surface area (Å²) in [6, 6.07) is 7.97. The predicted octanol–water partition coefficient (Wildman–Crippen LogP) is 1.26. The highest BCUT2D eigenvalue weighted by molar-refractivity contribution is 5.81. The number of guanidine groups is 1. The molecule has 0 atom stereocenters. The standard InChI is InChI=1S/C13H17N3O/c1-17-12-6-4-11(5-7-12)3-2-8-14-13-15-9-10-16-13/h2-7H,8-10H2,1H3,(H2,14,15,16)/b3-2+. The van der Waals surface area contributed by atoms with Crippen LogP contribution in [0.5, 0.6) is 5.75 Å². The molecular formula is C13H17N3O. The van der Waals surface area contributed by atoms with Crippen molar-refractivity contribution in [1.29, 1.82) is 0 Å². The predicted molar refractivity (Wildman–Crippen MR) is 70.3 cm³/mol. The number of hydrogen-bond donors (Lipinski definition) is 2. The number of rotatable bonds is 4. The van der Waals surface area contributed by atoms with Crippen LogP contribution in [0.4, 0.5) is 0 Å². The molecule has 0 aliphatic carbocycles. The van der Waals surface area contributed by atoms with E-state index in [0.29, 0.717) is 0 Å². The van der Waals surface area contributed by atoms with Crippen LogP contribution < -0.4 is 15.4 Å². The van der Waals surface area contributed by atoms with E-state index in [1.807, 2.05) is 24.3 Å². The van der Waals surface area contributed by atoms with Gasteiger partial charge in [0.2, 0.25) is 0 Å². The lowest BCUT2D eigenvalue weighted by molar-refractivity contribution is 0.415. The molecular weight excluding hydrogens is 214 g/mol. The van der Waals surface area contributed by atoms with Crippen molar-refractivity contribution in [1.82, 2.24) is 10.6 Å². The molecule has 0 aromatic heterocycles. The fourth-order valence-corrected chi connectivity index (χ4v) is 1.58. The normalized spacial score (nSPS) is 14.5. The van der Waals surface area contributed by atoms with Crippen molar-refractivity contribution >= 4 is 12.0 Å².